The molecule has 0 amide bonds. The molecule has 0 aliphatic carbocycles. The summed E-state index contributed by atoms with van der Waals surface area (Å²) in [7, 11) is -10.3. The molecular formula is C34H51NO6S2Si. The zero-order valence-electron chi connectivity index (χ0n) is 27.2. The molecule has 0 N–H and O–H groups in total. The van der Waals surface area contributed by atoms with Crippen molar-refractivity contribution in [2.45, 2.75) is 122 Å². The number of allylic oxidation sites excluding steroid dienone is 1. The number of piperidine rings is 1. The third-order valence-corrected chi connectivity index (χ3v) is 20.8. The van der Waals surface area contributed by atoms with Gasteiger partial charge in [0.2, 0.25) is 14.8 Å². The first kappa shape index (κ1) is 35.0. The minimum atomic E-state index is -4.22. The van der Waals surface area contributed by atoms with Gasteiger partial charge in [-0.05, 0) is 73.0 Å². The van der Waals surface area contributed by atoms with E-state index in [0.717, 1.165) is 12.8 Å². The largest absolute Gasteiger partial charge is 0.416 e. The quantitative estimate of drug-likeness (QED) is 0.103. The van der Waals surface area contributed by atoms with E-state index in [2.05, 4.69) is 48.1 Å². The molecular weight excluding hydrogens is 611 g/mol. The van der Waals surface area contributed by atoms with Crippen LogP contribution in [0.5, 0.6) is 0 Å². The van der Waals surface area contributed by atoms with Crippen LogP contribution in [0.4, 0.5) is 0 Å². The topological polar surface area (TPSA) is 90.0 Å². The van der Waals surface area contributed by atoms with E-state index < -0.39 is 43.7 Å². The lowest BCUT2D eigenvalue weighted by molar-refractivity contribution is -0.156. The summed E-state index contributed by atoms with van der Waals surface area (Å²) in [5.74, 6) is 0. The molecule has 3 unspecified atom stereocenters. The molecule has 10 heteroatoms. The van der Waals surface area contributed by atoms with Gasteiger partial charge in [0.1, 0.15) is 5.25 Å². The number of unbranched alkanes of at least 4 members (excludes halogenated alkanes) is 1. The Labute approximate surface area is 267 Å². The van der Waals surface area contributed by atoms with E-state index in [1.54, 1.807) is 41.5 Å². The van der Waals surface area contributed by atoms with Gasteiger partial charge in [-0.2, -0.15) is 5.06 Å². The minimum Gasteiger partial charge on any atom is -0.416 e. The average molecular weight is 662 g/mol. The molecule has 2 saturated heterocycles. The minimum absolute atomic E-state index is 0.0129. The van der Waals surface area contributed by atoms with Crippen LogP contribution < -0.4 is 0 Å². The normalized spacial score (nSPS) is 25.8. The van der Waals surface area contributed by atoms with Gasteiger partial charge in [-0.25, -0.2) is 16.8 Å². The van der Waals surface area contributed by atoms with Crippen molar-refractivity contribution in [1.82, 2.24) is 5.06 Å². The number of hydrogen-bond acceptors (Lipinski definition) is 7. The van der Waals surface area contributed by atoms with Crippen LogP contribution in [0.2, 0.25) is 16.6 Å². The summed E-state index contributed by atoms with van der Waals surface area (Å²) in [6, 6.07) is 16.2. The molecule has 244 valence electrons. The van der Waals surface area contributed by atoms with Gasteiger partial charge < -0.3 is 4.43 Å². The van der Waals surface area contributed by atoms with Crippen molar-refractivity contribution in [3.8, 4) is 0 Å². The summed E-state index contributed by atoms with van der Waals surface area (Å²) >= 11 is 0. The molecule has 7 nitrogen and oxygen atoms in total. The molecule has 2 aliphatic heterocycles. The molecule has 0 aromatic heterocycles. The molecule has 2 bridgehead atoms. The molecule has 2 fully saturated rings. The molecule has 4 atom stereocenters. The molecule has 0 spiro atoms. The van der Waals surface area contributed by atoms with Crippen LogP contribution in [0.15, 0.2) is 83.1 Å². The monoisotopic (exact) mass is 661 g/mol. The Balaban J connectivity index is 1.65. The van der Waals surface area contributed by atoms with Crippen LogP contribution in [0.25, 0.3) is 0 Å². The van der Waals surface area contributed by atoms with Gasteiger partial charge in [0.05, 0.1) is 15.3 Å². The van der Waals surface area contributed by atoms with E-state index in [1.807, 2.05) is 6.08 Å². The van der Waals surface area contributed by atoms with Crippen LogP contribution in [0, 0.1) is 0 Å². The van der Waals surface area contributed by atoms with E-state index >= 15 is 0 Å². The molecule has 2 aliphatic rings. The highest BCUT2D eigenvalue weighted by atomic mass is 32.2. The number of rotatable bonds is 16. The van der Waals surface area contributed by atoms with Crippen LogP contribution in [-0.4, -0.2) is 59.1 Å². The van der Waals surface area contributed by atoms with Crippen LogP contribution in [-0.2, 0) is 28.9 Å². The first-order valence-corrected chi connectivity index (χ1v) is 21.2. The lowest BCUT2D eigenvalue weighted by Gasteiger charge is -2.42. The molecule has 2 aromatic rings. The number of sulfone groups is 2. The SMILES string of the molecule is C=CCC[C@]1(CCCCO[Si](C(C)C)(C(C)C)C(C)C)CC2(S(=O)(=O)c3ccccc3)ON1CC2S(=O)(=O)c1ccccc1. The molecule has 4 rings (SSSR count). The smallest absolute Gasteiger partial charge is 0.214 e. The summed E-state index contributed by atoms with van der Waals surface area (Å²) in [6.45, 7) is 18.3. The standard InChI is InChI=1S/C34H51NO6S2Si/c1-8-9-22-33(23-16-17-24-40-44(27(2)3,28(4)5)29(6)7)26-34(43(38,39)31-20-14-11-15-21-31)32(25-35(33)41-34)42(36,37)30-18-12-10-13-19-30/h8,10-15,18-21,27-29,32H,1,9,16-17,22-26H2,2-7H3/t32?,33-,34?/m0/s1. The number of fused-ring (bicyclic) bond motifs is 2. The van der Waals surface area contributed by atoms with Crippen molar-refractivity contribution in [2.24, 2.45) is 0 Å². The fraction of sp³-hybridized carbons (Fsp3) is 0.588. The Morgan fingerprint density at radius 2 is 1.43 bits per heavy atom. The second kappa shape index (κ2) is 13.5. The van der Waals surface area contributed by atoms with E-state index in [0.29, 0.717) is 42.5 Å². The van der Waals surface area contributed by atoms with Crippen molar-refractivity contribution in [3.63, 3.8) is 0 Å². The third kappa shape index (κ3) is 6.02. The van der Waals surface area contributed by atoms with E-state index in [4.69, 9.17) is 9.26 Å². The average Bonchev–Trinajstić information content (AvgIpc) is 3.55. The van der Waals surface area contributed by atoms with E-state index in [-0.39, 0.29) is 22.8 Å². The summed E-state index contributed by atoms with van der Waals surface area (Å²) in [5, 5.41) is 0.441. The van der Waals surface area contributed by atoms with E-state index in [1.165, 1.54) is 24.3 Å². The number of hydrogen-bond donors (Lipinski definition) is 0. The highest BCUT2D eigenvalue weighted by Crippen LogP contribution is 2.57. The highest BCUT2D eigenvalue weighted by Gasteiger charge is 2.73. The summed E-state index contributed by atoms with van der Waals surface area (Å²) in [5.41, 5.74) is 0.857. The maximum atomic E-state index is 14.5. The van der Waals surface area contributed by atoms with Crippen molar-refractivity contribution in [3.05, 3.63) is 73.3 Å². The number of benzene rings is 2. The maximum absolute atomic E-state index is 14.5. The third-order valence-electron chi connectivity index (χ3n) is 10.1. The Morgan fingerprint density at radius 1 is 0.886 bits per heavy atom. The Bertz CT molecular complexity index is 1460. The fourth-order valence-corrected chi connectivity index (χ4v) is 18.0. The zero-order chi connectivity index (χ0) is 32.4. The Morgan fingerprint density at radius 3 is 1.95 bits per heavy atom. The van der Waals surface area contributed by atoms with Gasteiger partial charge in [-0.1, -0.05) is 84.0 Å². The van der Waals surface area contributed by atoms with Gasteiger partial charge in [-0.15, -0.1) is 6.58 Å². The van der Waals surface area contributed by atoms with Gasteiger partial charge in [0.15, 0.2) is 18.2 Å². The molecule has 0 radical (unpaired) electrons. The van der Waals surface area contributed by atoms with Gasteiger partial charge in [-0.3, -0.25) is 4.84 Å². The predicted octanol–water partition coefficient (Wildman–Crippen LogP) is 7.72. The van der Waals surface area contributed by atoms with Crippen molar-refractivity contribution < 1.29 is 26.1 Å². The summed E-state index contributed by atoms with van der Waals surface area (Å²) < 4.78 is 64.0. The maximum Gasteiger partial charge on any atom is 0.214 e. The fourth-order valence-electron chi connectivity index (χ4n) is 8.01. The molecule has 2 aromatic carbocycles. The lowest BCUT2D eigenvalue weighted by Crippen LogP contribution is -2.57. The highest BCUT2D eigenvalue weighted by molar-refractivity contribution is 7.96. The predicted molar refractivity (Wildman–Crippen MR) is 179 cm³/mol. The number of nitrogens with zero attached hydrogens (tertiary/aromatic N) is 1. The van der Waals surface area contributed by atoms with E-state index in [9.17, 15) is 16.8 Å². The van der Waals surface area contributed by atoms with Gasteiger partial charge in [0.25, 0.3) is 0 Å². The second-order valence-corrected chi connectivity index (χ2v) is 23.2. The van der Waals surface area contributed by atoms with Crippen LogP contribution in [0.1, 0.15) is 80.1 Å². The van der Waals surface area contributed by atoms with Crippen LogP contribution in [0.3, 0.4) is 0 Å². The molecule has 44 heavy (non-hydrogen) atoms. The summed E-state index contributed by atoms with van der Waals surface area (Å²) in [4.78, 5) is 4.66. The number of hydroxylamine groups is 2. The van der Waals surface area contributed by atoms with Crippen molar-refractivity contribution in [1.29, 1.82) is 0 Å². The Hall–Kier alpha value is -1.82. The van der Waals surface area contributed by atoms with Gasteiger partial charge >= 0.3 is 0 Å². The lowest BCUT2D eigenvalue weighted by atomic mass is 9.80. The van der Waals surface area contributed by atoms with Crippen LogP contribution >= 0.6 is 0 Å². The van der Waals surface area contributed by atoms with Crippen molar-refractivity contribution in [2.75, 3.05) is 13.2 Å². The van der Waals surface area contributed by atoms with Crippen molar-refractivity contribution >= 4 is 28.0 Å². The Kier molecular flexibility index (Phi) is 10.7. The molecule has 0 saturated carbocycles. The first-order chi connectivity index (χ1) is 20.7. The van der Waals surface area contributed by atoms with Gasteiger partial charge in [0, 0.05) is 19.6 Å². The zero-order valence-corrected chi connectivity index (χ0v) is 29.9. The first-order valence-electron chi connectivity index (χ1n) is 16.0. The second-order valence-electron chi connectivity index (χ2n) is 13.5. The molecule has 2 heterocycles. The summed E-state index contributed by atoms with van der Waals surface area (Å²) in [6.07, 6.45) is 5.53.